The molecular formula is C21H26N. The van der Waals surface area contributed by atoms with Gasteiger partial charge in [-0.2, -0.15) is 0 Å². The average Bonchev–Trinajstić information content (AvgIpc) is 2.93. The molecule has 1 nitrogen and oxygen atoms in total. The molecule has 0 N–H and O–H groups in total. The van der Waals surface area contributed by atoms with E-state index in [0.29, 0.717) is 0 Å². The van der Waals surface area contributed by atoms with Gasteiger partial charge in [-0.25, -0.2) is 5.32 Å². The minimum Gasteiger partial charge on any atom is -0.247 e. The highest BCUT2D eigenvalue weighted by Crippen LogP contribution is 2.44. The quantitative estimate of drug-likeness (QED) is 0.419. The van der Waals surface area contributed by atoms with Gasteiger partial charge in [-0.3, -0.25) is 0 Å². The third kappa shape index (κ3) is 3.35. The zero-order chi connectivity index (χ0) is 15.2. The van der Waals surface area contributed by atoms with Crippen LogP contribution < -0.4 is 5.32 Å². The summed E-state index contributed by atoms with van der Waals surface area (Å²) in [4.78, 5) is 0. The zero-order valence-corrected chi connectivity index (χ0v) is 13.6. The van der Waals surface area contributed by atoms with Gasteiger partial charge in [0.15, 0.2) is 0 Å². The predicted molar refractivity (Wildman–Crippen MR) is 95.0 cm³/mol. The highest BCUT2D eigenvalue weighted by Gasteiger charge is 2.21. The Hall–Kier alpha value is -1.76. The van der Waals surface area contributed by atoms with E-state index in [4.69, 9.17) is 5.32 Å². The van der Waals surface area contributed by atoms with Crippen LogP contribution in [0, 0.1) is 0 Å². The van der Waals surface area contributed by atoms with Gasteiger partial charge in [0.05, 0.1) is 11.4 Å². The molecule has 0 fully saturated rings. The van der Waals surface area contributed by atoms with Gasteiger partial charge in [0, 0.05) is 11.1 Å². The average molecular weight is 292 g/mol. The summed E-state index contributed by atoms with van der Waals surface area (Å²) in [5, 5.41) is 4.85. The molecule has 2 aromatic carbocycles. The second-order valence-electron chi connectivity index (χ2n) is 6.31. The van der Waals surface area contributed by atoms with Gasteiger partial charge in [-0.05, 0) is 24.5 Å². The van der Waals surface area contributed by atoms with Crippen molar-refractivity contribution in [3.05, 3.63) is 48.0 Å². The van der Waals surface area contributed by atoms with Crippen LogP contribution in [0.15, 0.2) is 42.5 Å². The van der Waals surface area contributed by atoms with Crippen LogP contribution in [0.2, 0.25) is 0 Å². The van der Waals surface area contributed by atoms with Crippen LogP contribution in [-0.2, 0) is 6.42 Å². The van der Waals surface area contributed by atoms with Crippen molar-refractivity contribution >= 4 is 11.4 Å². The number of hydrogen-bond donors (Lipinski definition) is 0. The first kappa shape index (κ1) is 15.1. The molecule has 1 heterocycles. The number of fused-ring (bicyclic) bond motifs is 3. The van der Waals surface area contributed by atoms with Crippen LogP contribution >= 0.6 is 0 Å². The Kier molecular flexibility index (Phi) is 5.15. The molecule has 3 rings (SSSR count). The minimum atomic E-state index is 1.13. The van der Waals surface area contributed by atoms with Gasteiger partial charge in [-0.1, -0.05) is 81.8 Å². The van der Waals surface area contributed by atoms with Crippen molar-refractivity contribution < 1.29 is 0 Å². The van der Waals surface area contributed by atoms with Crippen LogP contribution in [0.25, 0.3) is 11.1 Å². The lowest BCUT2D eigenvalue weighted by Gasteiger charge is -2.07. The van der Waals surface area contributed by atoms with Gasteiger partial charge < -0.3 is 0 Å². The number of unbranched alkanes of at least 4 members (excludes halogenated alkanes) is 6. The van der Waals surface area contributed by atoms with Gasteiger partial charge in [0.1, 0.15) is 0 Å². The Morgan fingerprint density at radius 1 is 0.727 bits per heavy atom. The van der Waals surface area contributed by atoms with Crippen LogP contribution in [0.5, 0.6) is 0 Å². The first-order valence-electron chi connectivity index (χ1n) is 8.83. The molecule has 22 heavy (non-hydrogen) atoms. The highest BCUT2D eigenvalue weighted by molar-refractivity contribution is 5.91. The molecule has 0 saturated carbocycles. The summed E-state index contributed by atoms with van der Waals surface area (Å²) in [6.07, 6.45) is 10.7. The summed E-state index contributed by atoms with van der Waals surface area (Å²) in [6.45, 7) is 2.28. The molecule has 1 aliphatic heterocycles. The Balaban J connectivity index is 1.56. The van der Waals surface area contributed by atoms with Gasteiger partial charge in [0.2, 0.25) is 0 Å². The van der Waals surface area contributed by atoms with Crippen LogP contribution in [0.1, 0.15) is 57.4 Å². The van der Waals surface area contributed by atoms with E-state index in [1.807, 2.05) is 0 Å². The Bertz CT molecular complexity index is 615. The van der Waals surface area contributed by atoms with Crippen molar-refractivity contribution in [2.24, 2.45) is 0 Å². The normalized spacial score (nSPS) is 11.9. The van der Waals surface area contributed by atoms with E-state index in [9.17, 15) is 0 Å². The van der Waals surface area contributed by atoms with E-state index in [-0.39, 0.29) is 0 Å². The second-order valence-corrected chi connectivity index (χ2v) is 6.31. The summed E-state index contributed by atoms with van der Waals surface area (Å²) < 4.78 is 0. The number of aryl methyl sites for hydroxylation is 1. The number of nitrogens with zero attached hydrogens (tertiary/aromatic N) is 1. The summed E-state index contributed by atoms with van der Waals surface area (Å²) in [5.41, 5.74) is 6.37. The molecule has 0 aliphatic carbocycles. The maximum atomic E-state index is 4.85. The molecule has 1 radical (unpaired) electrons. The van der Waals surface area contributed by atoms with E-state index in [0.717, 1.165) is 12.1 Å². The molecular weight excluding hydrogens is 266 g/mol. The highest BCUT2D eigenvalue weighted by atomic mass is 14.9. The zero-order valence-electron chi connectivity index (χ0n) is 13.6. The molecule has 0 atom stereocenters. The number of rotatable bonds is 8. The Morgan fingerprint density at radius 2 is 1.45 bits per heavy atom. The maximum absolute atomic E-state index is 4.85. The topological polar surface area (TPSA) is 14.1 Å². The SMILES string of the molecule is CCCCCCCCCc1cccc2c1[N]c1ccccc1-2. The van der Waals surface area contributed by atoms with E-state index in [1.165, 1.54) is 67.3 Å². The first-order valence-corrected chi connectivity index (χ1v) is 8.83. The van der Waals surface area contributed by atoms with Crippen LogP contribution in [-0.4, -0.2) is 0 Å². The third-order valence-electron chi connectivity index (χ3n) is 4.60. The fourth-order valence-corrected chi connectivity index (χ4v) is 3.33. The molecule has 1 heteroatoms. The van der Waals surface area contributed by atoms with E-state index >= 15 is 0 Å². The summed E-state index contributed by atoms with van der Waals surface area (Å²) in [7, 11) is 0. The molecule has 115 valence electrons. The monoisotopic (exact) mass is 292 g/mol. The smallest absolute Gasteiger partial charge is 0.0748 e. The summed E-state index contributed by atoms with van der Waals surface area (Å²) in [5.74, 6) is 0. The summed E-state index contributed by atoms with van der Waals surface area (Å²) in [6, 6.07) is 15.1. The fraction of sp³-hybridized carbons (Fsp3) is 0.429. The van der Waals surface area contributed by atoms with Gasteiger partial charge >= 0.3 is 0 Å². The fourth-order valence-electron chi connectivity index (χ4n) is 3.33. The Morgan fingerprint density at radius 3 is 2.32 bits per heavy atom. The molecule has 2 aromatic rings. The van der Waals surface area contributed by atoms with Crippen molar-refractivity contribution in [2.45, 2.75) is 58.3 Å². The lowest BCUT2D eigenvalue weighted by molar-refractivity contribution is 0.589. The molecule has 0 unspecified atom stereocenters. The second kappa shape index (κ2) is 7.49. The van der Waals surface area contributed by atoms with E-state index < -0.39 is 0 Å². The Labute approximate surface area is 134 Å². The number of hydrogen-bond acceptors (Lipinski definition) is 0. The van der Waals surface area contributed by atoms with Crippen molar-refractivity contribution in [1.82, 2.24) is 5.32 Å². The maximum Gasteiger partial charge on any atom is 0.0748 e. The first-order chi connectivity index (χ1) is 10.9. The van der Waals surface area contributed by atoms with E-state index in [2.05, 4.69) is 49.4 Å². The molecule has 0 amide bonds. The molecule has 0 saturated heterocycles. The van der Waals surface area contributed by atoms with Gasteiger partial charge in [0.25, 0.3) is 0 Å². The van der Waals surface area contributed by atoms with Crippen LogP contribution in [0.4, 0.5) is 11.4 Å². The summed E-state index contributed by atoms with van der Waals surface area (Å²) >= 11 is 0. The standard InChI is InChI=1S/C21H26N/c1-2-3-4-5-6-7-8-12-17-13-11-15-19-18-14-9-10-16-20(18)22-21(17)19/h9-11,13-16H,2-8,12H2,1H3. The molecule has 0 bridgehead atoms. The molecule has 0 spiro atoms. The van der Waals surface area contributed by atoms with Crippen molar-refractivity contribution in [3.63, 3.8) is 0 Å². The van der Waals surface area contributed by atoms with Gasteiger partial charge in [-0.15, -0.1) is 0 Å². The lowest BCUT2D eigenvalue weighted by atomic mass is 9.99. The molecule has 0 aromatic heterocycles. The van der Waals surface area contributed by atoms with Crippen molar-refractivity contribution in [3.8, 4) is 11.1 Å². The number of benzene rings is 2. The number of para-hydroxylation sites is 2. The van der Waals surface area contributed by atoms with Crippen molar-refractivity contribution in [2.75, 3.05) is 0 Å². The van der Waals surface area contributed by atoms with Crippen molar-refractivity contribution in [1.29, 1.82) is 0 Å². The third-order valence-corrected chi connectivity index (χ3v) is 4.60. The minimum absolute atomic E-state index is 1.13. The predicted octanol–water partition coefficient (Wildman–Crippen LogP) is 6.53. The van der Waals surface area contributed by atoms with E-state index in [1.54, 1.807) is 0 Å². The molecule has 1 aliphatic rings. The largest absolute Gasteiger partial charge is 0.247 e. The lowest BCUT2D eigenvalue weighted by Crippen LogP contribution is -1.92. The van der Waals surface area contributed by atoms with Crippen LogP contribution in [0.3, 0.4) is 0 Å².